The van der Waals surface area contributed by atoms with Crippen molar-refractivity contribution in [2.45, 2.75) is 20.3 Å². The SMILES string of the molecule is Cc1nc2c(C)cccn2c1CC(=O)Nc1nc(-c2ccc(F)cc2)cs1. The van der Waals surface area contributed by atoms with Crippen LogP contribution in [-0.2, 0) is 11.2 Å². The summed E-state index contributed by atoms with van der Waals surface area (Å²) in [7, 11) is 0. The Morgan fingerprint density at radius 2 is 1.96 bits per heavy atom. The average molecular weight is 380 g/mol. The number of imidazole rings is 1. The number of nitrogens with zero attached hydrogens (tertiary/aromatic N) is 3. The van der Waals surface area contributed by atoms with Crippen LogP contribution in [-0.4, -0.2) is 20.3 Å². The van der Waals surface area contributed by atoms with Gasteiger partial charge in [0.2, 0.25) is 5.91 Å². The van der Waals surface area contributed by atoms with Gasteiger partial charge in [-0.25, -0.2) is 14.4 Å². The van der Waals surface area contributed by atoms with Crippen molar-refractivity contribution in [2.24, 2.45) is 0 Å². The predicted octanol–water partition coefficient (Wildman–Crippen LogP) is 4.39. The highest BCUT2D eigenvalue weighted by Crippen LogP contribution is 2.25. The molecule has 1 amide bonds. The number of carbonyl (C=O) groups excluding carboxylic acids is 1. The van der Waals surface area contributed by atoms with Gasteiger partial charge in [-0.3, -0.25) is 4.79 Å². The fourth-order valence-electron chi connectivity index (χ4n) is 2.98. The number of hydrogen-bond acceptors (Lipinski definition) is 4. The summed E-state index contributed by atoms with van der Waals surface area (Å²) in [6.45, 7) is 3.91. The van der Waals surface area contributed by atoms with E-state index >= 15 is 0 Å². The fraction of sp³-hybridized carbons (Fsp3) is 0.150. The van der Waals surface area contributed by atoms with Crippen LogP contribution in [0.1, 0.15) is 17.0 Å². The molecule has 4 rings (SSSR count). The molecule has 3 aromatic heterocycles. The van der Waals surface area contributed by atoms with Crippen LogP contribution in [0.5, 0.6) is 0 Å². The molecule has 0 saturated heterocycles. The largest absolute Gasteiger partial charge is 0.303 e. The van der Waals surface area contributed by atoms with Crippen LogP contribution in [0.3, 0.4) is 0 Å². The molecular weight excluding hydrogens is 363 g/mol. The van der Waals surface area contributed by atoms with Crippen molar-refractivity contribution < 1.29 is 9.18 Å². The normalized spacial score (nSPS) is 11.1. The molecule has 0 atom stereocenters. The number of aromatic nitrogens is 3. The number of thiazole rings is 1. The number of benzene rings is 1. The minimum Gasteiger partial charge on any atom is -0.303 e. The number of halogens is 1. The number of pyridine rings is 1. The fourth-order valence-corrected chi connectivity index (χ4v) is 3.72. The highest BCUT2D eigenvalue weighted by Gasteiger charge is 2.15. The summed E-state index contributed by atoms with van der Waals surface area (Å²) in [5.41, 5.74) is 5.15. The van der Waals surface area contributed by atoms with Gasteiger partial charge >= 0.3 is 0 Å². The first kappa shape index (κ1) is 17.4. The number of anilines is 1. The maximum atomic E-state index is 13.0. The molecule has 136 valence electrons. The lowest BCUT2D eigenvalue weighted by Gasteiger charge is -2.04. The summed E-state index contributed by atoms with van der Waals surface area (Å²) in [5.74, 6) is -0.442. The Kier molecular flexibility index (Phi) is 4.45. The molecule has 0 unspecified atom stereocenters. The van der Waals surface area contributed by atoms with E-state index in [1.807, 2.05) is 42.0 Å². The van der Waals surface area contributed by atoms with Crippen LogP contribution in [0, 0.1) is 19.7 Å². The zero-order valence-corrected chi connectivity index (χ0v) is 15.7. The number of carbonyl (C=O) groups is 1. The van der Waals surface area contributed by atoms with Gasteiger partial charge < -0.3 is 9.72 Å². The number of nitrogens with one attached hydrogen (secondary N) is 1. The monoisotopic (exact) mass is 380 g/mol. The van der Waals surface area contributed by atoms with E-state index in [-0.39, 0.29) is 18.1 Å². The molecule has 0 aliphatic rings. The van der Waals surface area contributed by atoms with Crippen molar-refractivity contribution in [3.05, 3.63) is 70.7 Å². The van der Waals surface area contributed by atoms with Crippen molar-refractivity contribution in [3.63, 3.8) is 0 Å². The first-order chi connectivity index (χ1) is 13.0. The zero-order valence-electron chi connectivity index (χ0n) is 14.9. The van der Waals surface area contributed by atoms with Crippen molar-refractivity contribution in [1.29, 1.82) is 0 Å². The van der Waals surface area contributed by atoms with Crippen LogP contribution in [0.15, 0.2) is 48.0 Å². The number of aryl methyl sites for hydroxylation is 2. The maximum Gasteiger partial charge on any atom is 0.232 e. The van der Waals surface area contributed by atoms with Gasteiger partial charge in [-0.15, -0.1) is 11.3 Å². The highest BCUT2D eigenvalue weighted by atomic mass is 32.1. The molecular formula is C20H17FN4OS. The molecule has 0 bridgehead atoms. The van der Waals surface area contributed by atoms with Crippen LogP contribution in [0.25, 0.3) is 16.9 Å². The molecule has 7 heteroatoms. The minimum atomic E-state index is -0.291. The van der Waals surface area contributed by atoms with Crippen molar-refractivity contribution in [2.75, 3.05) is 5.32 Å². The summed E-state index contributed by atoms with van der Waals surface area (Å²) >= 11 is 1.34. The lowest BCUT2D eigenvalue weighted by atomic mass is 10.2. The first-order valence-electron chi connectivity index (χ1n) is 8.46. The molecule has 5 nitrogen and oxygen atoms in total. The highest BCUT2D eigenvalue weighted by molar-refractivity contribution is 7.14. The standard InChI is InChI=1S/C20H17FN4OS/c1-12-4-3-9-25-17(13(2)22-19(12)25)10-18(26)24-20-23-16(11-27-20)14-5-7-15(21)8-6-14/h3-9,11H,10H2,1-2H3,(H,23,24,26). The Balaban J connectivity index is 1.51. The summed E-state index contributed by atoms with van der Waals surface area (Å²) in [4.78, 5) is 21.5. The van der Waals surface area contributed by atoms with Crippen molar-refractivity contribution in [1.82, 2.24) is 14.4 Å². The molecule has 1 aromatic carbocycles. The Morgan fingerprint density at radius 3 is 2.74 bits per heavy atom. The number of rotatable bonds is 4. The third-order valence-electron chi connectivity index (χ3n) is 4.36. The van der Waals surface area contributed by atoms with Gasteiger partial charge in [0, 0.05) is 17.1 Å². The predicted molar refractivity (Wildman–Crippen MR) is 105 cm³/mol. The lowest BCUT2D eigenvalue weighted by Crippen LogP contribution is -2.16. The topological polar surface area (TPSA) is 59.3 Å². The number of amides is 1. The molecule has 0 aliphatic heterocycles. The molecule has 0 radical (unpaired) electrons. The molecule has 1 N–H and O–H groups in total. The van der Waals surface area contributed by atoms with E-state index in [4.69, 9.17) is 0 Å². The third kappa shape index (κ3) is 3.46. The van der Waals surface area contributed by atoms with Crippen LogP contribution >= 0.6 is 11.3 Å². The van der Waals surface area contributed by atoms with Gasteiger partial charge in [-0.05, 0) is 49.7 Å². The molecule has 0 aliphatic carbocycles. The molecule has 0 fully saturated rings. The average Bonchev–Trinajstić information content (AvgIpc) is 3.22. The van der Waals surface area contributed by atoms with E-state index in [0.717, 1.165) is 28.2 Å². The van der Waals surface area contributed by atoms with E-state index in [0.29, 0.717) is 10.8 Å². The first-order valence-corrected chi connectivity index (χ1v) is 9.33. The van der Waals surface area contributed by atoms with Crippen LogP contribution in [0.2, 0.25) is 0 Å². The van der Waals surface area contributed by atoms with Gasteiger partial charge in [0.05, 0.1) is 23.5 Å². The van der Waals surface area contributed by atoms with Gasteiger partial charge in [-0.1, -0.05) is 6.07 Å². The Labute approximate surface area is 159 Å². The van der Waals surface area contributed by atoms with E-state index in [9.17, 15) is 9.18 Å². The quantitative estimate of drug-likeness (QED) is 0.571. The van der Waals surface area contributed by atoms with E-state index in [2.05, 4.69) is 15.3 Å². The summed E-state index contributed by atoms with van der Waals surface area (Å²) < 4.78 is 15.0. The molecule has 4 aromatic rings. The smallest absolute Gasteiger partial charge is 0.232 e. The van der Waals surface area contributed by atoms with Gasteiger partial charge in [0.1, 0.15) is 11.5 Å². The second kappa shape index (κ2) is 6.92. The lowest BCUT2D eigenvalue weighted by molar-refractivity contribution is -0.115. The van der Waals surface area contributed by atoms with Gasteiger partial charge in [0.25, 0.3) is 0 Å². The van der Waals surface area contributed by atoms with Crippen molar-refractivity contribution in [3.8, 4) is 11.3 Å². The van der Waals surface area contributed by atoms with E-state index < -0.39 is 0 Å². The Bertz CT molecular complexity index is 1130. The molecule has 0 spiro atoms. The summed E-state index contributed by atoms with van der Waals surface area (Å²) in [6, 6.07) is 10.1. The van der Waals surface area contributed by atoms with E-state index in [1.165, 1.54) is 23.5 Å². The Morgan fingerprint density at radius 1 is 1.19 bits per heavy atom. The van der Waals surface area contributed by atoms with Gasteiger partial charge in [0.15, 0.2) is 5.13 Å². The van der Waals surface area contributed by atoms with Gasteiger partial charge in [-0.2, -0.15) is 0 Å². The Hall–Kier alpha value is -3.06. The molecule has 27 heavy (non-hydrogen) atoms. The van der Waals surface area contributed by atoms with E-state index in [1.54, 1.807) is 12.1 Å². The maximum absolute atomic E-state index is 13.0. The third-order valence-corrected chi connectivity index (χ3v) is 5.12. The molecule has 3 heterocycles. The number of hydrogen-bond donors (Lipinski definition) is 1. The summed E-state index contributed by atoms with van der Waals surface area (Å²) in [6.07, 6.45) is 2.13. The van der Waals surface area contributed by atoms with Crippen molar-refractivity contribution >= 4 is 28.0 Å². The zero-order chi connectivity index (χ0) is 19.0. The number of fused-ring (bicyclic) bond motifs is 1. The minimum absolute atomic E-state index is 0.151. The van der Waals surface area contributed by atoms with Crippen LogP contribution < -0.4 is 5.32 Å². The molecule has 0 saturated carbocycles. The second-order valence-electron chi connectivity index (χ2n) is 6.30. The van der Waals surface area contributed by atoms with Crippen LogP contribution in [0.4, 0.5) is 9.52 Å². The second-order valence-corrected chi connectivity index (χ2v) is 7.16. The summed E-state index contributed by atoms with van der Waals surface area (Å²) in [5, 5.41) is 5.20.